The van der Waals surface area contributed by atoms with Gasteiger partial charge < -0.3 is 23.7 Å². The van der Waals surface area contributed by atoms with Crippen molar-refractivity contribution in [3.05, 3.63) is 30.3 Å². The molecular formula is C17H22O6S. The predicted molar refractivity (Wildman–Crippen MR) is 85.6 cm³/mol. The van der Waals surface area contributed by atoms with Crippen LogP contribution in [0.25, 0.3) is 0 Å². The first-order valence-corrected chi connectivity index (χ1v) is 9.50. The zero-order valence-corrected chi connectivity index (χ0v) is 14.7. The lowest BCUT2D eigenvalue weighted by molar-refractivity contribution is -0.216. The monoisotopic (exact) mass is 354 g/mol. The molecule has 3 fully saturated rings. The molecule has 6 nitrogen and oxygen atoms in total. The Bertz CT molecular complexity index is 621. The van der Waals surface area contributed by atoms with Crippen molar-refractivity contribution >= 4 is 10.8 Å². The number of hydrogen-bond acceptors (Lipinski definition) is 6. The molecule has 0 aromatic heterocycles. The number of ether oxygens (including phenoxy) is 5. The van der Waals surface area contributed by atoms with Crippen molar-refractivity contribution in [1.29, 1.82) is 0 Å². The van der Waals surface area contributed by atoms with E-state index in [1.807, 2.05) is 51.1 Å². The van der Waals surface area contributed by atoms with Crippen molar-refractivity contribution < 1.29 is 27.9 Å². The van der Waals surface area contributed by atoms with Crippen LogP contribution >= 0.6 is 0 Å². The van der Waals surface area contributed by atoms with E-state index in [-0.39, 0.29) is 30.7 Å². The number of benzene rings is 1. The Morgan fingerprint density at radius 1 is 1.00 bits per heavy atom. The fraction of sp³-hybridized carbons (Fsp3) is 0.647. The van der Waals surface area contributed by atoms with E-state index >= 15 is 0 Å². The van der Waals surface area contributed by atoms with Crippen molar-refractivity contribution in [3.63, 3.8) is 0 Å². The molecular weight excluding hydrogens is 332 g/mol. The van der Waals surface area contributed by atoms with Crippen LogP contribution in [0.3, 0.4) is 0 Å². The van der Waals surface area contributed by atoms with Crippen molar-refractivity contribution in [3.8, 4) is 0 Å². The summed E-state index contributed by atoms with van der Waals surface area (Å²) in [5.41, 5.74) is 0. The fourth-order valence-corrected chi connectivity index (χ4v) is 4.71. The summed E-state index contributed by atoms with van der Waals surface area (Å²) < 4.78 is 42.2. The molecule has 3 aliphatic rings. The van der Waals surface area contributed by atoms with Crippen LogP contribution in [0.15, 0.2) is 35.2 Å². The molecule has 7 heteroatoms. The number of fused-ring (bicyclic) bond motifs is 3. The molecule has 3 saturated heterocycles. The summed E-state index contributed by atoms with van der Waals surface area (Å²) in [6.45, 7) is 5.56. The zero-order chi connectivity index (χ0) is 16.9. The molecule has 4 rings (SSSR count). The largest absolute Gasteiger partial charge is 0.343 e. The minimum Gasteiger partial charge on any atom is -0.343 e. The summed E-state index contributed by atoms with van der Waals surface area (Å²) in [7, 11) is -1.19. The van der Waals surface area contributed by atoms with Gasteiger partial charge >= 0.3 is 0 Å². The van der Waals surface area contributed by atoms with E-state index in [1.165, 1.54) is 0 Å². The average Bonchev–Trinajstić information content (AvgIpc) is 3.06. The van der Waals surface area contributed by atoms with E-state index in [9.17, 15) is 4.21 Å². The molecule has 1 unspecified atom stereocenters. The van der Waals surface area contributed by atoms with Crippen LogP contribution in [0.5, 0.6) is 0 Å². The first kappa shape index (κ1) is 16.6. The van der Waals surface area contributed by atoms with Crippen LogP contribution in [-0.2, 0) is 34.5 Å². The summed E-state index contributed by atoms with van der Waals surface area (Å²) in [4.78, 5) is 0.773. The molecule has 0 radical (unpaired) electrons. The molecule has 1 aromatic carbocycles. The van der Waals surface area contributed by atoms with Gasteiger partial charge in [-0.15, -0.1) is 0 Å². The van der Waals surface area contributed by atoms with Crippen molar-refractivity contribution in [2.24, 2.45) is 0 Å². The fourth-order valence-electron chi connectivity index (χ4n) is 3.49. The maximum atomic E-state index is 12.7. The molecule has 0 bridgehead atoms. The Hall–Kier alpha value is -0.830. The molecule has 3 heterocycles. The molecule has 0 spiro atoms. The van der Waals surface area contributed by atoms with E-state index in [0.29, 0.717) is 5.75 Å². The highest BCUT2D eigenvalue weighted by molar-refractivity contribution is 7.85. The first-order valence-electron chi connectivity index (χ1n) is 8.18. The summed E-state index contributed by atoms with van der Waals surface area (Å²) >= 11 is 0. The molecule has 0 N–H and O–H groups in total. The van der Waals surface area contributed by atoms with Gasteiger partial charge in [-0.05, 0) is 32.9 Å². The van der Waals surface area contributed by atoms with Crippen LogP contribution in [0.2, 0.25) is 0 Å². The third-order valence-electron chi connectivity index (χ3n) is 4.43. The van der Waals surface area contributed by atoms with Gasteiger partial charge in [0.1, 0.15) is 24.4 Å². The minimum absolute atomic E-state index is 0.290. The highest BCUT2D eigenvalue weighted by Gasteiger charge is 2.58. The topological polar surface area (TPSA) is 63.2 Å². The Morgan fingerprint density at radius 2 is 1.71 bits per heavy atom. The highest BCUT2D eigenvalue weighted by Crippen LogP contribution is 2.42. The smallest absolute Gasteiger partial charge is 0.190 e. The molecule has 0 saturated carbocycles. The second-order valence-corrected chi connectivity index (χ2v) is 8.23. The van der Waals surface area contributed by atoms with Crippen LogP contribution in [0.4, 0.5) is 0 Å². The van der Waals surface area contributed by atoms with Gasteiger partial charge in [-0.1, -0.05) is 18.2 Å². The molecule has 1 aromatic rings. The van der Waals surface area contributed by atoms with E-state index < -0.39 is 22.9 Å². The molecule has 3 aliphatic heterocycles. The second-order valence-electron chi connectivity index (χ2n) is 6.74. The van der Waals surface area contributed by atoms with Gasteiger partial charge in [-0.3, -0.25) is 4.21 Å². The molecule has 7 atom stereocenters. The van der Waals surface area contributed by atoms with Gasteiger partial charge in [0.2, 0.25) is 0 Å². The van der Waals surface area contributed by atoms with Crippen molar-refractivity contribution in [2.45, 2.75) is 68.4 Å². The van der Waals surface area contributed by atoms with Gasteiger partial charge in [0.05, 0.1) is 16.6 Å². The van der Waals surface area contributed by atoms with Gasteiger partial charge in [-0.2, -0.15) is 0 Å². The maximum absolute atomic E-state index is 12.7. The van der Waals surface area contributed by atoms with Gasteiger partial charge in [0.25, 0.3) is 0 Å². The van der Waals surface area contributed by atoms with E-state index in [0.717, 1.165) is 4.90 Å². The highest BCUT2D eigenvalue weighted by atomic mass is 32.2. The third kappa shape index (κ3) is 3.05. The van der Waals surface area contributed by atoms with Crippen LogP contribution in [0.1, 0.15) is 20.8 Å². The third-order valence-corrected chi connectivity index (χ3v) is 5.86. The molecule has 0 amide bonds. The van der Waals surface area contributed by atoms with Crippen molar-refractivity contribution in [1.82, 2.24) is 0 Å². The molecule has 24 heavy (non-hydrogen) atoms. The quantitative estimate of drug-likeness (QED) is 0.825. The first-order chi connectivity index (χ1) is 11.4. The standard InChI is InChI=1S/C17H22O6S/c1-10-19-15-14-13(22-17(2,3)23-14)12(21-16(15)20-10)9-24(18)11-7-5-4-6-8-11/h4-8,10,12-16H,9H2,1-3H3/t10-,12-,13+,14+,15-,16+,24?/m1/s1. The number of hydrogen-bond donors (Lipinski definition) is 0. The molecule has 0 aliphatic carbocycles. The Labute approximate surface area is 143 Å². The van der Waals surface area contributed by atoms with E-state index in [1.54, 1.807) is 0 Å². The van der Waals surface area contributed by atoms with Crippen LogP contribution in [0, 0.1) is 0 Å². The lowest BCUT2D eigenvalue weighted by Crippen LogP contribution is -2.56. The summed E-state index contributed by atoms with van der Waals surface area (Å²) in [6, 6.07) is 9.36. The predicted octanol–water partition coefficient (Wildman–Crippen LogP) is 1.80. The maximum Gasteiger partial charge on any atom is 0.190 e. The van der Waals surface area contributed by atoms with Crippen molar-refractivity contribution in [2.75, 3.05) is 5.75 Å². The second kappa shape index (κ2) is 6.16. The normalized spacial score (nSPS) is 41.6. The van der Waals surface area contributed by atoms with E-state index in [2.05, 4.69) is 0 Å². The zero-order valence-electron chi connectivity index (χ0n) is 13.9. The molecule has 132 valence electrons. The lowest BCUT2D eigenvalue weighted by Gasteiger charge is -2.37. The van der Waals surface area contributed by atoms with Gasteiger partial charge in [0, 0.05) is 4.90 Å². The Balaban J connectivity index is 1.55. The SMILES string of the molecule is C[C@H]1O[C@H]2O[C@H](CS(=O)c3ccccc3)[C@@H]3OC(C)(C)O[C@@H]3[C@H]2O1. The van der Waals surface area contributed by atoms with Gasteiger partial charge in [0.15, 0.2) is 18.4 Å². The Morgan fingerprint density at radius 3 is 2.46 bits per heavy atom. The lowest BCUT2D eigenvalue weighted by atomic mass is 10.0. The Kier molecular flexibility index (Phi) is 4.27. The van der Waals surface area contributed by atoms with Gasteiger partial charge in [-0.25, -0.2) is 0 Å². The minimum atomic E-state index is -1.19. The number of rotatable bonds is 3. The van der Waals surface area contributed by atoms with Crippen LogP contribution < -0.4 is 0 Å². The van der Waals surface area contributed by atoms with E-state index in [4.69, 9.17) is 23.7 Å². The summed E-state index contributed by atoms with van der Waals surface area (Å²) in [6.07, 6.45) is -2.20. The summed E-state index contributed by atoms with van der Waals surface area (Å²) in [5.74, 6) is -0.402. The summed E-state index contributed by atoms with van der Waals surface area (Å²) in [5, 5.41) is 0. The van der Waals surface area contributed by atoms with Crippen LogP contribution in [-0.4, -0.2) is 52.7 Å². The average molecular weight is 354 g/mol.